The van der Waals surface area contributed by atoms with E-state index < -0.39 is 5.82 Å². The van der Waals surface area contributed by atoms with Crippen LogP contribution in [0.2, 0.25) is 5.02 Å². The van der Waals surface area contributed by atoms with Gasteiger partial charge in [-0.05, 0) is 40.2 Å². The number of aromatic nitrogens is 2. The van der Waals surface area contributed by atoms with Crippen molar-refractivity contribution < 1.29 is 4.39 Å². The van der Waals surface area contributed by atoms with Gasteiger partial charge in [-0.25, -0.2) is 9.37 Å². The fourth-order valence-electron chi connectivity index (χ4n) is 2.17. The van der Waals surface area contributed by atoms with Gasteiger partial charge in [0.05, 0.1) is 43.8 Å². The molecule has 5 nitrogen and oxygen atoms in total. The quantitative estimate of drug-likeness (QED) is 0.645. The summed E-state index contributed by atoms with van der Waals surface area (Å²) in [6.07, 6.45) is 1.44. The third-order valence-electron chi connectivity index (χ3n) is 3.40. The molecule has 0 unspecified atom stereocenters. The molecule has 0 amide bonds. The first-order chi connectivity index (χ1) is 10.9. The van der Waals surface area contributed by atoms with Crippen LogP contribution >= 0.6 is 27.5 Å². The second-order valence-corrected chi connectivity index (χ2v) is 6.10. The van der Waals surface area contributed by atoms with Crippen molar-refractivity contribution in [2.75, 3.05) is 11.1 Å². The van der Waals surface area contributed by atoms with Crippen LogP contribution in [-0.4, -0.2) is 9.55 Å². The maximum absolute atomic E-state index is 14.0. The van der Waals surface area contributed by atoms with Crippen molar-refractivity contribution in [2.24, 2.45) is 7.05 Å². The van der Waals surface area contributed by atoms with Crippen LogP contribution in [-0.2, 0) is 7.05 Å². The van der Waals surface area contributed by atoms with E-state index in [4.69, 9.17) is 17.3 Å². The van der Waals surface area contributed by atoms with Crippen molar-refractivity contribution in [3.05, 3.63) is 56.3 Å². The van der Waals surface area contributed by atoms with Crippen molar-refractivity contribution in [3.8, 4) is 0 Å². The molecule has 0 fully saturated rings. The Balaban J connectivity index is 2.19. The van der Waals surface area contributed by atoms with Crippen molar-refractivity contribution in [3.63, 3.8) is 0 Å². The average Bonchev–Trinajstić information content (AvgIpc) is 2.53. The largest absolute Gasteiger partial charge is 0.397 e. The summed E-state index contributed by atoms with van der Waals surface area (Å²) in [5.74, 6) is -0.546. The maximum atomic E-state index is 14.0. The summed E-state index contributed by atoms with van der Waals surface area (Å²) in [7, 11) is 1.61. The average molecular weight is 398 g/mol. The molecule has 8 heteroatoms. The van der Waals surface area contributed by atoms with Gasteiger partial charge in [-0.2, -0.15) is 0 Å². The lowest BCUT2D eigenvalue weighted by molar-refractivity contribution is 0.632. The van der Waals surface area contributed by atoms with Gasteiger partial charge in [-0.15, -0.1) is 0 Å². The van der Waals surface area contributed by atoms with Gasteiger partial charge in [-0.1, -0.05) is 11.6 Å². The van der Waals surface area contributed by atoms with Gasteiger partial charge in [0, 0.05) is 7.05 Å². The van der Waals surface area contributed by atoms with Gasteiger partial charge < -0.3 is 15.6 Å². The molecule has 2 aromatic carbocycles. The highest BCUT2D eigenvalue weighted by Crippen LogP contribution is 2.36. The Morgan fingerprint density at radius 3 is 2.83 bits per heavy atom. The number of benzene rings is 2. The molecule has 0 spiro atoms. The van der Waals surface area contributed by atoms with E-state index in [9.17, 15) is 9.18 Å². The number of nitrogens with one attached hydrogen (secondary N) is 1. The number of hydrogen-bond acceptors (Lipinski definition) is 4. The van der Waals surface area contributed by atoms with Crippen LogP contribution in [0, 0.1) is 5.82 Å². The normalized spacial score (nSPS) is 11.0. The summed E-state index contributed by atoms with van der Waals surface area (Å²) in [4.78, 5) is 16.5. The monoisotopic (exact) mass is 396 g/mol. The van der Waals surface area contributed by atoms with Crippen molar-refractivity contribution in [2.45, 2.75) is 0 Å². The fourth-order valence-corrected chi connectivity index (χ4v) is 2.97. The van der Waals surface area contributed by atoms with E-state index in [0.29, 0.717) is 21.1 Å². The number of hydrogen-bond donors (Lipinski definition) is 2. The van der Waals surface area contributed by atoms with Crippen LogP contribution in [0.25, 0.3) is 10.9 Å². The first-order valence-corrected chi connectivity index (χ1v) is 7.71. The lowest BCUT2D eigenvalue weighted by Gasteiger charge is -2.13. The lowest BCUT2D eigenvalue weighted by Crippen LogP contribution is -2.17. The highest BCUT2D eigenvalue weighted by atomic mass is 79.9. The third-order valence-corrected chi connectivity index (χ3v) is 4.64. The zero-order valence-electron chi connectivity index (χ0n) is 11.9. The summed E-state index contributed by atoms with van der Waals surface area (Å²) in [6.45, 7) is 0. The van der Waals surface area contributed by atoms with E-state index in [1.807, 2.05) is 0 Å². The fraction of sp³-hybridized carbons (Fsp3) is 0.0667. The number of halogens is 3. The van der Waals surface area contributed by atoms with Gasteiger partial charge in [0.2, 0.25) is 0 Å². The Kier molecular flexibility index (Phi) is 3.99. The van der Waals surface area contributed by atoms with Gasteiger partial charge in [0.15, 0.2) is 0 Å². The van der Waals surface area contributed by atoms with Gasteiger partial charge in [0.25, 0.3) is 5.56 Å². The maximum Gasteiger partial charge on any atom is 0.262 e. The van der Waals surface area contributed by atoms with E-state index in [0.717, 1.165) is 0 Å². The molecule has 0 saturated carbocycles. The summed E-state index contributed by atoms with van der Waals surface area (Å²) in [5.41, 5.74) is 6.80. The Morgan fingerprint density at radius 1 is 1.35 bits per heavy atom. The topological polar surface area (TPSA) is 72.9 Å². The number of aryl methyl sites for hydroxylation is 1. The van der Waals surface area contributed by atoms with Crippen LogP contribution in [0.15, 0.2) is 39.9 Å². The standard InChI is InChI=1S/C15H11BrClFN4O/c1-22-6-20-9-4-5-10(12(16)11(9)15(22)23)21-14-7(18)2-3-8(19)13(14)17/h2-6,21H,19H2,1H3. The van der Waals surface area contributed by atoms with Gasteiger partial charge in [-0.3, -0.25) is 4.79 Å². The molecule has 0 aliphatic rings. The molecule has 0 aliphatic heterocycles. The van der Waals surface area contributed by atoms with Gasteiger partial charge in [0.1, 0.15) is 5.82 Å². The molecular formula is C15H11BrClFN4O. The molecule has 3 rings (SSSR count). The SMILES string of the molecule is Cn1cnc2ccc(Nc3c(F)ccc(N)c3Cl)c(Br)c2c1=O. The van der Waals surface area contributed by atoms with E-state index >= 15 is 0 Å². The predicted octanol–water partition coefficient (Wildman–Crippen LogP) is 3.81. The molecule has 0 atom stereocenters. The van der Waals surface area contributed by atoms with Crippen LogP contribution in [0.3, 0.4) is 0 Å². The molecule has 0 aliphatic carbocycles. The number of fused-ring (bicyclic) bond motifs is 1. The molecule has 0 radical (unpaired) electrons. The number of rotatable bonds is 2. The zero-order chi connectivity index (χ0) is 16.7. The summed E-state index contributed by atoms with van der Waals surface area (Å²) >= 11 is 9.43. The van der Waals surface area contributed by atoms with Crippen molar-refractivity contribution in [1.82, 2.24) is 9.55 Å². The highest BCUT2D eigenvalue weighted by molar-refractivity contribution is 9.10. The minimum atomic E-state index is -0.546. The van der Waals surface area contributed by atoms with Crippen molar-refractivity contribution >= 4 is 55.5 Å². The van der Waals surface area contributed by atoms with E-state index in [2.05, 4.69) is 26.2 Å². The minimum Gasteiger partial charge on any atom is -0.397 e. The first kappa shape index (κ1) is 15.8. The van der Waals surface area contributed by atoms with Crippen LogP contribution < -0.4 is 16.6 Å². The Labute approximate surface area is 144 Å². The Hall–Kier alpha value is -2.12. The van der Waals surface area contributed by atoms with Crippen LogP contribution in [0.1, 0.15) is 0 Å². The third kappa shape index (κ3) is 2.66. The summed E-state index contributed by atoms with van der Waals surface area (Å²) in [5, 5.41) is 3.35. The predicted molar refractivity (Wildman–Crippen MR) is 93.8 cm³/mol. The van der Waals surface area contributed by atoms with E-state index in [1.54, 1.807) is 19.2 Å². The second-order valence-electron chi connectivity index (χ2n) is 4.93. The molecule has 1 heterocycles. The Bertz CT molecular complexity index is 989. The first-order valence-electron chi connectivity index (χ1n) is 6.54. The summed E-state index contributed by atoms with van der Waals surface area (Å²) in [6, 6.07) is 5.96. The molecule has 118 valence electrons. The Morgan fingerprint density at radius 2 is 2.09 bits per heavy atom. The molecule has 0 saturated heterocycles. The van der Waals surface area contributed by atoms with E-state index in [1.165, 1.54) is 23.0 Å². The summed E-state index contributed by atoms with van der Waals surface area (Å²) < 4.78 is 15.8. The highest BCUT2D eigenvalue weighted by Gasteiger charge is 2.15. The van der Waals surface area contributed by atoms with Gasteiger partial charge >= 0.3 is 0 Å². The molecule has 0 bridgehead atoms. The van der Waals surface area contributed by atoms with Crippen LogP contribution in [0.5, 0.6) is 0 Å². The molecule has 23 heavy (non-hydrogen) atoms. The van der Waals surface area contributed by atoms with Crippen LogP contribution in [0.4, 0.5) is 21.5 Å². The molecule has 1 aromatic heterocycles. The van der Waals surface area contributed by atoms with E-state index in [-0.39, 0.29) is 22.0 Å². The lowest BCUT2D eigenvalue weighted by atomic mass is 10.2. The second kappa shape index (κ2) is 5.82. The minimum absolute atomic E-state index is 0.0485. The number of nitrogen functional groups attached to an aromatic ring is 1. The molecule has 3 N–H and O–H groups in total. The molecule has 3 aromatic rings. The molecular weight excluding hydrogens is 387 g/mol. The number of nitrogens with two attached hydrogens (primary N) is 1. The zero-order valence-corrected chi connectivity index (χ0v) is 14.2. The number of nitrogens with zero attached hydrogens (tertiary/aromatic N) is 2. The number of anilines is 3. The smallest absolute Gasteiger partial charge is 0.262 e. The van der Waals surface area contributed by atoms with Crippen molar-refractivity contribution in [1.29, 1.82) is 0 Å².